The van der Waals surface area contributed by atoms with E-state index in [1.54, 1.807) is 6.20 Å². The van der Waals surface area contributed by atoms with Crippen LogP contribution in [0.4, 0.5) is 5.82 Å². The summed E-state index contributed by atoms with van der Waals surface area (Å²) in [6.07, 6.45) is 5.76. The number of piperidine rings is 1. The van der Waals surface area contributed by atoms with Crippen LogP contribution in [0, 0.1) is 6.92 Å². The molecule has 134 valence electrons. The van der Waals surface area contributed by atoms with Crippen LogP contribution in [0.1, 0.15) is 24.4 Å². The van der Waals surface area contributed by atoms with Gasteiger partial charge in [0, 0.05) is 38.1 Å². The van der Waals surface area contributed by atoms with Crippen molar-refractivity contribution in [2.24, 2.45) is 0 Å². The predicted octanol–water partition coefficient (Wildman–Crippen LogP) is 2.91. The monoisotopic (exact) mass is 350 g/mol. The van der Waals surface area contributed by atoms with Gasteiger partial charge in [-0.25, -0.2) is 4.98 Å². The van der Waals surface area contributed by atoms with Crippen LogP contribution in [0.2, 0.25) is 0 Å². The predicted molar refractivity (Wildman–Crippen MR) is 98.4 cm³/mol. The zero-order valence-corrected chi connectivity index (χ0v) is 14.8. The molecule has 1 aliphatic rings. The lowest BCUT2D eigenvalue weighted by Crippen LogP contribution is -2.39. The number of aromatic nitrogens is 4. The Morgan fingerprint density at radius 1 is 1.12 bits per heavy atom. The molecule has 0 saturated carbocycles. The van der Waals surface area contributed by atoms with E-state index in [2.05, 4.69) is 36.4 Å². The van der Waals surface area contributed by atoms with Gasteiger partial charge >= 0.3 is 0 Å². The molecule has 3 aromatic rings. The first-order valence-corrected chi connectivity index (χ1v) is 8.92. The summed E-state index contributed by atoms with van der Waals surface area (Å²) in [6.45, 7) is 4.80. The van der Waals surface area contributed by atoms with E-state index < -0.39 is 0 Å². The number of nitrogens with one attached hydrogen (secondary N) is 1. The summed E-state index contributed by atoms with van der Waals surface area (Å²) in [6, 6.07) is 10.3. The lowest BCUT2D eigenvalue weighted by molar-refractivity contribution is 0.209. The minimum absolute atomic E-state index is 0.382. The van der Waals surface area contributed by atoms with E-state index >= 15 is 0 Å². The molecule has 7 nitrogen and oxygen atoms in total. The van der Waals surface area contributed by atoms with Crippen molar-refractivity contribution in [2.45, 2.75) is 32.4 Å². The first-order chi connectivity index (χ1) is 12.8. The minimum atomic E-state index is 0.382. The van der Waals surface area contributed by atoms with E-state index in [9.17, 15) is 0 Å². The molecular formula is C19H22N6O. The van der Waals surface area contributed by atoms with Crippen LogP contribution in [-0.4, -0.2) is 44.1 Å². The molecule has 1 aliphatic heterocycles. The van der Waals surface area contributed by atoms with Crippen LogP contribution in [0.3, 0.4) is 0 Å². The van der Waals surface area contributed by atoms with Gasteiger partial charge in [-0.05, 0) is 44.0 Å². The third-order valence-electron chi connectivity index (χ3n) is 4.61. The zero-order chi connectivity index (χ0) is 17.8. The van der Waals surface area contributed by atoms with Gasteiger partial charge in [0.15, 0.2) is 5.82 Å². The van der Waals surface area contributed by atoms with Crippen molar-refractivity contribution >= 4 is 5.82 Å². The smallest absolute Gasteiger partial charge is 0.261 e. The molecule has 0 atom stereocenters. The van der Waals surface area contributed by atoms with Gasteiger partial charge in [-0.1, -0.05) is 11.2 Å². The van der Waals surface area contributed by atoms with Crippen LogP contribution in [0.5, 0.6) is 0 Å². The molecule has 26 heavy (non-hydrogen) atoms. The van der Waals surface area contributed by atoms with Crippen molar-refractivity contribution in [1.82, 2.24) is 25.0 Å². The molecule has 0 spiro atoms. The fourth-order valence-corrected chi connectivity index (χ4v) is 3.25. The highest BCUT2D eigenvalue weighted by Crippen LogP contribution is 2.26. The Kier molecular flexibility index (Phi) is 4.88. The Bertz CT molecular complexity index is 842. The van der Waals surface area contributed by atoms with E-state index in [0.717, 1.165) is 49.6 Å². The SMILES string of the molecule is Cc1noc(-c2cccnc2NC2CCN(Cc3ccccn3)CC2)n1. The van der Waals surface area contributed by atoms with Gasteiger partial charge in [0.25, 0.3) is 5.89 Å². The summed E-state index contributed by atoms with van der Waals surface area (Å²) >= 11 is 0. The Balaban J connectivity index is 1.38. The Morgan fingerprint density at radius 2 is 1.96 bits per heavy atom. The zero-order valence-electron chi connectivity index (χ0n) is 14.8. The molecule has 1 fully saturated rings. The van der Waals surface area contributed by atoms with Crippen molar-refractivity contribution < 1.29 is 4.52 Å². The van der Waals surface area contributed by atoms with Crippen molar-refractivity contribution in [3.8, 4) is 11.5 Å². The van der Waals surface area contributed by atoms with E-state index in [0.29, 0.717) is 17.8 Å². The van der Waals surface area contributed by atoms with Crippen molar-refractivity contribution in [3.05, 3.63) is 54.2 Å². The molecule has 0 radical (unpaired) electrons. The van der Waals surface area contributed by atoms with Crippen LogP contribution in [0.25, 0.3) is 11.5 Å². The van der Waals surface area contributed by atoms with E-state index in [1.807, 2.05) is 37.4 Å². The lowest BCUT2D eigenvalue weighted by atomic mass is 10.0. The number of anilines is 1. The van der Waals surface area contributed by atoms with Crippen LogP contribution < -0.4 is 5.32 Å². The van der Waals surface area contributed by atoms with Crippen LogP contribution >= 0.6 is 0 Å². The number of rotatable bonds is 5. The molecule has 1 N–H and O–H groups in total. The molecule has 7 heteroatoms. The molecule has 3 aromatic heterocycles. The second-order valence-electron chi connectivity index (χ2n) is 6.56. The van der Waals surface area contributed by atoms with Crippen molar-refractivity contribution in [1.29, 1.82) is 0 Å². The number of nitrogens with zero attached hydrogens (tertiary/aromatic N) is 5. The standard InChI is InChI=1S/C19H22N6O/c1-14-22-19(26-24-14)17-6-4-10-21-18(17)23-15-7-11-25(12-8-15)13-16-5-2-3-9-20-16/h2-6,9-10,15H,7-8,11-13H2,1H3,(H,21,23). The van der Waals surface area contributed by atoms with Crippen molar-refractivity contribution in [3.63, 3.8) is 0 Å². The van der Waals surface area contributed by atoms with Gasteiger partial charge in [-0.3, -0.25) is 9.88 Å². The molecule has 1 saturated heterocycles. The normalized spacial score (nSPS) is 15.9. The van der Waals surface area contributed by atoms with E-state index in [1.165, 1.54) is 0 Å². The molecule has 0 amide bonds. The van der Waals surface area contributed by atoms with Gasteiger partial charge in [0.1, 0.15) is 5.82 Å². The summed E-state index contributed by atoms with van der Waals surface area (Å²) in [5, 5.41) is 7.44. The second-order valence-corrected chi connectivity index (χ2v) is 6.56. The van der Waals surface area contributed by atoms with Crippen LogP contribution in [-0.2, 0) is 6.54 Å². The molecule has 0 aliphatic carbocycles. The molecular weight excluding hydrogens is 328 g/mol. The third kappa shape index (κ3) is 3.88. The maximum absolute atomic E-state index is 5.31. The fourth-order valence-electron chi connectivity index (χ4n) is 3.25. The lowest BCUT2D eigenvalue weighted by Gasteiger charge is -2.32. The molecule has 4 heterocycles. The number of aryl methyl sites for hydroxylation is 1. The highest BCUT2D eigenvalue weighted by Gasteiger charge is 2.21. The van der Waals surface area contributed by atoms with Gasteiger partial charge in [-0.15, -0.1) is 0 Å². The van der Waals surface area contributed by atoms with Gasteiger partial charge in [0.2, 0.25) is 0 Å². The average molecular weight is 350 g/mol. The first-order valence-electron chi connectivity index (χ1n) is 8.92. The van der Waals surface area contributed by atoms with Gasteiger partial charge < -0.3 is 9.84 Å². The van der Waals surface area contributed by atoms with E-state index in [-0.39, 0.29) is 0 Å². The Hall–Kier alpha value is -2.80. The largest absolute Gasteiger partial charge is 0.367 e. The summed E-state index contributed by atoms with van der Waals surface area (Å²) in [7, 11) is 0. The summed E-state index contributed by atoms with van der Waals surface area (Å²) in [5.74, 6) is 1.93. The van der Waals surface area contributed by atoms with Crippen LogP contribution in [0.15, 0.2) is 47.2 Å². The minimum Gasteiger partial charge on any atom is -0.367 e. The van der Waals surface area contributed by atoms with Crippen molar-refractivity contribution in [2.75, 3.05) is 18.4 Å². The first kappa shape index (κ1) is 16.7. The maximum Gasteiger partial charge on any atom is 0.261 e. The highest BCUT2D eigenvalue weighted by atomic mass is 16.5. The molecule has 0 aromatic carbocycles. The summed E-state index contributed by atoms with van der Waals surface area (Å²) in [5.41, 5.74) is 1.97. The fraction of sp³-hybridized carbons (Fsp3) is 0.368. The number of likely N-dealkylation sites (tertiary alicyclic amines) is 1. The Morgan fingerprint density at radius 3 is 2.69 bits per heavy atom. The molecule has 0 unspecified atom stereocenters. The second kappa shape index (κ2) is 7.61. The topological polar surface area (TPSA) is 80.0 Å². The number of pyridine rings is 2. The quantitative estimate of drug-likeness (QED) is 0.758. The van der Waals surface area contributed by atoms with E-state index in [4.69, 9.17) is 4.52 Å². The maximum atomic E-state index is 5.31. The summed E-state index contributed by atoms with van der Waals surface area (Å²) in [4.78, 5) is 15.7. The Labute approximate surface area is 152 Å². The average Bonchev–Trinajstić information content (AvgIpc) is 3.11. The molecule has 0 bridgehead atoms. The third-order valence-corrected chi connectivity index (χ3v) is 4.61. The summed E-state index contributed by atoms with van der Waals surface area (Å²) < 4.78 is 5.31. The molecule has 4 rings (SSSR count). The highest BCUT2D eigenvalue weighted by molar-refractivity contribution is 5.68. The van der Waals surface area contributed by atoms with Gasteiger partial charge in [-0.2, -0.15) is 4.98 Å². The number of hydrogen-bond donors (Lipinski definition) is 1. The van der Waals surface area contributed by atoms with Gasteiger partial charge in [0.05, 0.1) is 11.3 Å². The number of hydrogen-bond acceptors (Lipinski definition) is 7.